The number of aliphatic hydroxyl groups excluding tert-OH is 1. The van der Waals surface area contributed by atoms with Crippen LogP contribution in [-0.4, -0.2) is 42.0 Å². The summed E-state index contributed by atoms with van der Waals surface area (Å²) in [6.07, 6.45) is 2.73. The van der Waals surface area contributed by atoms with Crippen molar-refractivity contribution in [3.63, 3.8) is 0 Å². The molecule has 1 fully saturated rings. The first kappa shape index (κ1) is 26.0. The van der Waals surface area contributed by atoms with Crippen molar-refractivity contribution >= 4 is 0 Å². The summed E-state index contributed by atoms with van der Waals surface area (Å²) in [7, 11) is 0. The number of quaternary nitrogens is 1. The van der Waals surface area contributed by atoms with Crippen LogP contribution in [0.5, 0.6) is 5.75 Å². The van der Waals surface area contributed by atoms with E-state index in [2.05, 4.69) is 65.8 Å². The van der Waals surface area contributed by atoms with Gasteiger partial charge in [-0.05, 0) is 47.8 Å². The number of aliphatic hydroxyl groups is 1. The van der Waals surface area contributed by atoms with Gasteiger partial charge in [-0.2, -0.15) is 0 Å². The van der Waals surface area contributed by atoms with Gasteiger partial charge in [-0.1, -0.05) is 59.7 Å². The summed E-state index contributed by atoms with van der Waals surface area (Å²) in [6.45, 7) is 17.3. The molecule has 0 spiro atoms. The molecule has 5 heteroatoms. The van der Waals surface area contributed by atoms with Gasteiger partial charge in [0.1, 0.15) is 25.0 Å². The Bertz CT molecular complexity index is 1090. The second kappa shape index (κ2) is 10.1. The van der Waals surface area contributed by atoms with Crippen LogP contribution in [0.15, 0.2) is 41.2 Å². The summed E-state index contributed by atoms with van der Waals surface area (Å²) in [5.74, 6) is 1.78. The van der Waals surface area contributed by atoms with Crippen LogP contribution in [0.3, 0.4) is 0 Å². The number of rotatable bonds is 9. The van der Waals surface area contributed by atoms with Gasteiger partial charge in [0.25, 0.3) is 5.56 Å². The molecule has 2 aliphatic rings. The monoisotopic (exact) mass is 481 g/mol. The van der Waals surface area contributed by atoms with Crippen LogP contribution in [0, 0.1) is 5.92 Å². The molecule has 0 amide bonds. The maximum absolute atomic E-state index is 12.3. The Balaban J connectivity index is 1.43. The lowest BCUT2D eigenvalue weighted by molar-refractivity contribution is -0.914. The largest absolute Gasteiger partial charge is 0.490 e. The molecule has 2 aliphatic heterocycles. The number of hydrogen-bond acceptors (Lipinski definition) is 3. The van der Waals surface area contributed by atoms with Gasteiger partial charge >= 0.3 is 0 Å². The van der Waals surface area contributed by atoms with Gasteiger partial charge in [-0.25, -0.2) is 0 Å². The molecule has 0 aliphatic carbocycles. The van der Waals surface area contributed by atoms with E-state index in [1.165, 1.54) is 21.7 Å². The summed E-state index contributed by atoms with van der Waals surface area (Å²) in [6, 6.07) is 12.3. The van der Waals surface area contributed by atoms with Gasteiger partial charge in [0, 0.05) is 35.7 Å². The van der Waals surface area contributed by atoms with Crippen molar-refractivity contribution in [2.24, 2.45) is 5.92 Å². The first-order chi connectivity index (χ1) is 16.5. The molecule has 1 saturated heterocycles. The molecule has 2 N–H and O–H groups in total. The quantitative estimate of drug-likeness (QED) is 0.575. The Morgan fingerprint density at radius 1 is 1.09 bits per heavy atom. The van der Waals surface area contributed by atoms with Crippen LogP contribution in [0.4, 0.5) is 0 Å². The van der Waals surface area contributed by atoms with Gasteiger partial charge in [0.15, 0.2) is 0 Å². The van der Waals surface area contributed by atoms with Gasteiger partial charge < -0.3 is 19.3 Å². The lowest BCUT2D eigenvalue weighted by Gasteiger charge is -2.40. The molecule has 2 aromatic rings. The molecule has 192 valence electrons. The number of likely N-dealkylation sites (tertiary alicyclic amines) is 1. The number of aromatic nitrogens is 1. The minimum absolute atomic E-state index is 0.00115. The molecular weight excluding hydrogens is 436 g/mol. The highest BCUT2D eigenvalue weighted by Gasteiger charge is 2.37. The van der Waals surface area contributed by atoms with E-state index in [1.807, 2.05) is 10.6 Å². The number of hydrogen-bond donors (Lipinski definition) is 2. The molecule has 4 atom stereocenters. The maximum atomic E-state index is 12.3. The first-order valence-corrected chi connectivity index (χ1v) is 13.5. The Morgan fingerprint density at radius 2 is 1.83 bits per heavy atom. The number of nitrogens with zero attached hydrogens (tertiary/aromatic N) is 1. The smallest absolute Gasteiger partial charge is 0.250 e. The third-order valence-corrected chi connectivity index (χ3v) is 8.89. The Kier molecular flexibility index (Phi) is 7.49. The topological polar surface area (TPSA) is 55.9 Å². The summed E-state index contributed by atoms with van der Waals surface area (Å²) >= 11 is 0. The molecule has 1 aromatic carbocycles. The van der Waals surface area contributed by atoms with Crippen LogP contribution >= 0.6 is 0 Å². The highest BCUT2D eigenvalue weighted by Crippen LogP contribution is 2.38. The van der Waals surface area contributed by atoms with Gasteiger partial charge in [0.05, 0.1) is 13.1 Å². The highest BCUT2D eigenvalue weighted by atomic mass is 16.5. The van der Waals surface area contributed by atoms with E-state index in [-0.39, 0.29) is 16.4 Å². The van der Waals surface area contributed by atoms with Gasteiger partial charge in [-0.3, -0.25) is 4.79 Å². The molecule has 3 heterocycles. The Hall–Kier alpha value is -2.11. The Morgan fingerprint density at radius 3 is 2.54 bits per heavy atom. The third kappa shape index (κ3) is 5.51. The van der Waals surface area contributed by atoms with E-state index in [0.717, 1.165) is 44.6 Å². The summed E-state index contributed by atoms with van der Waals surface area (Å²) in [4.78, 5) is 13.7. The lowest BCUT2D eigenvalue weighted by atomic mass is 9.76. The van der Waals surface area contributed by atoms with Gasteiger partial charge in [-0.15, -0.1) is 0 Å². The number of ether oxygens (including phenoxy) is 1. The van der Waals surface area contributed by atoms with E-state index in [0.29, 0.717) is 25.0 Å². The number of fused-ring (bicyclic) bond motifs is 4. The SMILES string of the molecule is CCC(C)(C)c1ccc(OCC(O)C[NH+]2CC3CC(C2)c2cccc(=O)n2C3)c(C(C)(C)CC)c1. The number of nitrogens with one attached hydrogen (secondary N) is 1. The maximum Gasteiger partial charge on any atom is 0.250 e. The van der Waals surface area contributed by atoms with Crippen molar-refractivity contribution in [3.05, 3.63) is 63.6 Å². The van der Waals surface area contributed by atoms with Crippen LogP contribution in [-0.2, 0) is 17.4 Å². The van der Waals surface area contributed by atoms with Crippen molar-refractivity contribution in [3.8, 4) is 5.75 Å². The van der Waals surface area contributed by atoms with Crippen molar-refractivity contribution in [2.75, 3.05) is 26.2 Å². The van der Waals surface area contributed by atoms with Crippen LogP contribution in [0.1, 0.15) is 83.5 Å². The average molecular weight is 482 g/mol. The van der Waals surface area contributed by atoms with E-state index in [1.54, 1.807) is 6.07 Å². The van der Waals surface area contributed by atoms with Crippen molar-refractivity contribution < 1.29 is 14.7 Å². The van der Waals surface area contributed by atoms with Gasteiger partial charge in [0.2, 0.25) is 0 Å². The molecular formula is C30H45N2O3+. The highest BCUT2D eigenvalue weighted by molar-refractivity contribution is 5.44. The summed E-state index contributed by atoms with van der Waals surface area (Å²) in [5, 5.41) is 10.9. The third-order valence-electron chi connectivity index (χ3n) is 8.89. The average Bonchev–Trinajstić information content (AvgIpc) is 2.83. The fraction of sp³-hybridized carbons (Fsp3) is 0.633. The summed E-state index contributed by atoms with van der Waals surface area (Å²) in [5.41, 5.74) is 3.98. The molecule has 0 saturated carbocycles. The fourth-order valence-electron chi connectivity index (χ4n) is 5.86. The second-order valence-electron chi connectivity index (χ2n) is 12.2. The zero-order chi connectivity index (χ0) is 25.4. The minimum atomic E-state index is -0.522. The summed E-state index contributed by atoms with van der Waals surface area (Å²) < 4.78 is 8.26. The normalized spacial score (nSPS) is 23.0. The van der Waals surface area contributed by atoms with E-state index < -0.39 is 6.10 Å². The molecule has 2 bridgehead atoms. The Labute approximate surface area is 211 Å². The zero-order valence-electron chi connectivity index (χ0n) is 22.6. The number of pyridine rings is 1. The zero-order valence-corrected chi connectivity index (χ0v) is 22.6. The second-order valence-corrected chi connectivity index (χ2v) is 12.2. The van der Waals surface area contributed by atoms with Crippen molar-refractivity contribution in [1.29, 1.82) is 0 Å². The van der Waals surface area contributed by atoms with Crippen LogP contribution in [0.25, 0.3) is 0 Å². The fourth-order valence-corrected chi connectivity index (χ4v) is 5.86. The van der Waals surface area contributed by atoms with Crippen molar-refractivity contribution in [2.45, 2.75) is 90.2 Å². The van der Waals surface area contributed by atoms with E-state index in [9.17, 15) is 9.90 Å². The molecule has 0 radical (unpaired) electrons. The minimum Gasteiger partial charge on any atom is -0.490 e. The standard InChI is InChI=1S/C30H44N2O3/c1-7-29(3,4)23-12-13-27(25(15-23)30(5,6)8-2)35-20-24(33)19-31-16-21-14-22(18-31)26-10-9-11-28(34)32(26)17-21/h9-13,15,21-22,24,33H,7-8,14,16-20H2,1-6H3/p+1. The van der Waals surface area contributed by atoms with E-state index in [4.69, 9.17) is 4.74 Å². The predicted molar refractivity (Wildman–Crippen MR) is 142 cm³/mol. The first-order valence-electron chi connectivity index (χ1n) is 13.5. The number of benzene rings is 1. The number of piperidine rings is 1. The molecule has 1 aromatic heterocycles. The molecule has 5 nitrogen and oxygen atoms in total. The van der Waals surface area contributed by atoms with Crippen LogP contribution < -0.4 is 15.2 Å². The molecule has 35 heavy (non-hydrogen) atoms. The predicted octanol–water partition coefficient (Wildman–Crippen LogP) is 3.67. The molecule has 4 unspecified atom stereocenters. The molecule has 4 rings (SSSR count). The van der Waals surface area contributed by atoms with Crippen LogP contribution in [0.2, 0.25) is 0 Å². The lowest BCUT2D eigenvalue weighted by Crippen LogP contribution is -3.15. The van der Waals surface area contributed by atoms with E-state index >= 15 is 0 Å². The van der Waals surface area contributed by atoms with Crippen molar-refractivity contribution in [1.82, 2.24) is 4.57 Å².